The summed E-state index contributed by atoms with van der Waals surface area (Å²) in [5, 5.41) is 0. The number of aryl methyl sites for hydroxylation is 1. The van der Waals surface area contributed by atoms with E-state index in [1.807, 2.05) is 12.4 Å². The van der Waals surface area contributed by atoms with Crippen molar-refractivity contribution in [2.45, 2.75) is 64.5 Å². The lowest BCUT2D eigenvalue weighted by Crippen LogP contribution is -2.33. The van der Waals surface area contributed by atoms with Gasteiger partial charge in [0.2, 0.25) is 0 Å². The molecule has 2 aromatic heterocycles. The summed E-state index contributed by atoms with van der Waals surface area (Å²) >= 11 is 0. The fraction of sp³-hybridized carbons (Fsp3) is 0.545. The van der Waals surface area contributed by atoms with Gasteiger partial charge in [-0.05, 0) is 74.4 Å². The van der Waals surface area contributed by atoms with Crippen LogP contribution in [0.2, 0.25) is 0 Å². The molecule has 0 saturated carbocycles. The van der Waals surface area contributed by atoms with Crippen LogP contribution in [-0.2, 0) is 13.0 Å². The molecule has 2 N–H and O–H groups in total. The maximum atomic E-state index is 5.74. The van der Waals surface area contributed by atoms with Crippen LogP contribution in [-0.4, -0.2) is 28.0 Å². The van der Waals surface area contributed by atoms with Gasteiger partial charge in [-0.25, -0.2) is 0 Å². The van der Waals surface area contributed by atoms with E-state index >= 15 is 0 Å². The lowest BCUT2D eigenvalue weighted by molar-refractivity contribution is 0.160. The first-order valence-electron chi connectivity index (χ1n) is 10.0. The van der Waals surface area contributed by atoms with Crippen LogP contribution in [0, 0.1) is 0 Å². The Morgan fingerprint density at radius 3 is 2.77 bits per heavy atom. The second kappa shape index (κ2) is 9.24. The molecule has 4 heteroatoms. The van der Waals surface area contributed by atoms with Gasteiger partial charge in [0.1, 0.15) is 0 Å². The highest BCUT2D eigenvalue weighted by Gasteiger charge is 2.27. The van der Waals surface area contributed by atoms with Gasteiger partial charge in [-0.15, -0.1) is 0 Å². The minimum atomic E-state index is 0.389. The number of pyridine rings is 2. The minimum Gasteiger partial charge on any atom is -0.330 e. The zero-order valence-corrected chi connectivity index (χ0v) is 16.2. The van der Waals surface area contributed by atoms with Gasteiger partial charge in [0.15, 0.2) is 0 Å². The van der Waals surface area contributed by atoms with E-state index in [1.165, 1.54) is 35.4 Å². The molecule has 0 spiro atoms. The van der Waals surface area contributed by atoms with Gasteiger partial charge in [0.25, 0.3) is 0 Å². The zero-order valence-electron chi connectivity index (χ0n) is 16.2. The van der Waals surface area contributed by atoms with Crippen molar-refractivity contribution in [2.75, 3.05) is 13.1 Å². The van der Waals surface area contributed by atoms with E-state index in [2.05, 4.69) is 43.0 Å². The highest BCUT2D eigenvalue weighted by Crippen LogP contribution is 2.34. The van der Waals surface area contributed by atoms with E-state index in [9.17, 15) is 0 Å². The predicted octanol–water partition coefficient (Wildman–Crippen LogP) is 4.22. The normalized spacial score (nSPS) is 16.9. The molecule has 4 nitrogen and oxygen atoms in total. The topological polar surface area (TPSA) is 55.0 Å². The standard InChI is InChI=1S/C22H32N4/c1-17(2)19-10-7-13-24-20(19)16-26(15-4-3-12-23)21-11-5-8-18-9-6-14-25-22(18)21/h6-7,9-10,13-14,17,21H,3-5,8,11-12,15-16,23H2,1-2H3. The van der Waals surface area contributed by atoms with E-state index in [4.69, 9.17) is 15.7 Å². The second-order valence-corrected chi connectivity index (χ2v) is 7.62. The van der Waals surface area contributed by atoms with E-state index < -0.39 is 0 Å². The van der Waals surface area contributed by atoms with Gasteiger partial charge < -0.3 is 5.73 Å². The Bertz CT molecular complexity index is 698. The van der Waals surface area contributed by atoms with Crippen molar-refractivity contribution in [1.82, 2.24) is 14.9 Å². The van der Waals surface area contributed by atoms with Crippen LogP contribution in [0.5, 0.6) is 0 Å². The van der Waals surface area contributed by atoms with Crippen molar-refractivity contribution >= 4 is 0 Å². The number of fused-ring (bicyclic) bond motifs is 1. The summed E-state index contributed by atoms with van der Waals surface area (Å²) < 4.78 is 0. The van der Waals surface area contributed by atoms with Crippen LogP contribution in [0.1, 0.15) is 74.0 Å². The number of nitrogens with two attached hydrogens (primary N) is 1. The first-order valence-corrected chi connectivity index (χ1v) is 10.0. The van der Waals surface area contributed by atoms with Gasteiger partial charge in [-0.2, -0.15) is 0 Å². The largest absolute Gasteiger partial charge is 0.330 e. The molecular formula is C22H32N4. The summed E-state index contributed by atoms with van der Waals surface area (Å²) in [6.45, 7) is 7.19. The molecule has 2 heterocycles. The third-order valence-corrected chi connectivity index (χ3v) is 5.41. The monoisotopic (exact) mass is 352 g/mol. The van der Waals surface area contributed by atoms with Crippen LogP contribution in [0.3, 0.4) is 0 Å². The Kier molecular flexibility index (Phi) is 6.75. The predicted molar refractivity (Wildman–Crippen MR) is 107 cm³/mol. The number of aromatic nitrogens is 2. The summed E-state index contributed by atoms with van der Waals surface area (Å²) in [5.74, 6) is 0.487. The van der Waals surface area contributed by atoms with E-state index in [1.54, 1.807) is 0 Å². The molecule has 0 radical (unpaired) electrons. The van der Waals surface area contributed by atoms with Gasteiger partial charge in [-0.1, -0.05) is 26.0 Å². The van der Waals surface area contributed by atoms with E-state index in [-0.39, 0.29) is 0 Å². The van der Waals surface area contributed by atoms with Gasteiger partial charge in [-0.3, -0.25) is 14.9 Å². The highest BCUT2D eigenvalue weighted by atomic mass is 15.2. The average molecular weight is 353 g/mol. The first-order chi connectivity index (χ1) is 12.7. The highest BCUT2D eigenvalue weighted by molar-refractivity contribution is 5.27. The van der Waals surface area contributed by atoms with Crippen molar-refractivity contribution < 1.29 is 0 Å². The zero-order chi connectivity index (χ0) is 18.4. The molecule has 0 fully saturated rings. The Labute approximate surface area is 157 Å². The molecule has 0 bridgehead atoms. The molecule has 140 valence electrons. The first kappa shape index (κ1) is 19.0. The summed E-state index contributed by atoms with van der Waals surface area (Å²) in [5.41, 5.74) is 11.0. The Morgan fingerprint density at radius 2 is 1.96 bits per heavy atom. The fourth-order valence-corrected chi connectivity index (χ4v) is 4.05. The van der Waals surface area contributed by atoms with Crippen LogP contribution in [0.15, 0.2) is 36.7 Å². The molecule has 2 aromatic rings. The minimum absolute atomic E-state index is 0.389. The van der Waals surface area contributed by atoms with E-state index in [0.29, 0.717) is 12.0 Å². The van der Waals surface area contributed by atoms with Crippen LogP contribution < -0.4 is 5.73 Å². The Hall–Kier alpha value is -1.78. The maximum Gasteiger partial charge on any atom is 0.0607 e. The second-order valence-electron chi connectivity index (χ2n) is 7.62. The molecule has 1 aliphatic rings. The van der Waals surface area contributed by atoms with Crippen molar-refractivity contribution in [1.29, 1.82) is 0 Å². The molecule has 0 saturated heterocycles. The van der Waals surface area contributed by atoms with Crippen molar-refractivity contribution in [2.24, 2.45) is 5.73 Å². The molecule has 1 atom stereocenters. The van der Waals surface area contributed by atoms with Crippen molar-refractivity contribution in [3.63, 3.8) is 0 Å². The number of hydrogen-bond donors (Lipinski definition) is 1. The van der Waals surface area contributed by atoms with Crippen LogP contribution >= 0.6 is 0 Å². The molecule has 3 rings (SSSR count). The third kappa shape index (κ3) is 4.49. The van der Waals surface area contributed by atoms with E-state index in [0.717, 1.165) is 38.9 Å². The Balaban J connectivity index is 1.87. The van der Waals surface area contributed by atoms with Crippen LogP contribution in [0.25, 0.3) is 0 Å². The van der Waals surface area contributed by atoms with Crippen molar-refractivity contribution in [3.05, 3.63) is 59.2 Å². The molecule has 1 aliphatic carbocycles. The molecule has 26 heavy (non-hydrogen) atoms. The smallest absolute Gasteiger partial charge is 0.0607 e. The summed E-state index contributed by atoms with van der Waals surface area (Å²) in [4.78, 5) is 12.1. The van der Waals surface area contributed by atoms with Gasteiger partial charge >= 0.3 is 0 Å². The molecule has 0 aliphatic heterocycles. The summed E-state index contributed by atoms with van der Waals surface area (Å²) in [6, 6.07) is 8.97. The SMILES string of the molecule is CC(C)c1cccnc1CN(CCCCN)C1CCCc2cccnc21. The third-order valence-electron chi connectivity index (χ3n) is 5.41. The van der Waals surface area contributed by atoms with Crippen molar-refractivity contribution in [3.8, 4) is 0 Å². The maximum absolute atomic E-state index is 5.74. The molecular weight excluding hydrogens is 320 g/mol. The number of unbranched alkanes of at least 4 members (excludes halogenated alkanes) is 1. The number of hydrogen-bond acceptors (Lipinski definition) is 4. The lowest BCUT2D eigenvalue weighted by Gasteiger charge is -2.35. The quantitative estimate of drug-likeness (QED) is 0.723. The summed E-state index contributed by atoms with van der Waals surface area (Å²) in [6.07, 6.45) is 9.61. The van der Waals surface area contributed by atoms with Crippen LogP contribution in [0.4, 0.5) is 0 Å². The molecule has 0 amide bonds. The lowest BCUT2D eigenvalue weighted by atomic mass is 9.90. The molecule has 0 aromatic carbocycles. The van der Waals surface area contributed by atoms with Gasteiger partial charge in [0.05, 0.1) is 17.4 Å². The number of nitrogens with zero attached hydrogens (tertiary/aromatic N) is 3. The summed E-state index contributed by atoms with van der Waals surface area (Å²) in [7, 11) is 0. The Morgan fingerprint density at radius 1 is 1.15 bits per heavy atom. The number of rotatable bonds is 8. The fourth-order valence-electron chi connectivity index (χ4n) is 4.05. The average Bonchev–Trinajstić information content (AvgIpc) is 2.67. The van der Waals surface area contributed by atoms with Gasteiger partial charge in [0, 0.05) is 18.9 Å². The molecule has 1 unspecified atom stereocenters.